The summed E-state index contributed by atoms with van der Waals surface area (Å²) < 4.78 is 26.9. The van der Waals surface area contributed by atoms with Crippen molar-refractivity contribution in [1.29, 1.82) is 0 Å². The van der Waals surface area contributed by atoms with Crippen molar-refractivity contribution in [3.63, 3.8) is 0 Å². The molecule has 1 amide bonds. The van der Waals surface area contributed by atoms with E-state index in [-0.39, 0.29) is 23.3 Å². The van der Waals surface area contributed by atoms with Gasteiger partial charge in [-0.15, -0.1) is 0 Å². The SMILES string of the molecule is CC(=O)NC(Cc1cc(F)cc(F)c1)C(O)CNC1(CC=CCC(C)(C)C)CC1. The van der Waals surface area contributed by atoms with Crippen LogP contribution in [0.1, 0.15) is 58.9 Å². The maximum absolute atomic E-state index is 13.5. The van der Waals surface area contributed by atoms with Crippen molar-refractivity contribution in [2.24, 2.45) is 5.41 Å². The Morgan fingerprint density at radius 1 is 1.21 bits per heavy atom. The summed E-state index contributed by atoms with van der Waals surface area (Å²) in [6.45, 7) is 8.26. The van der Waals surface area contributed by atoms with Crippen molar-refractivity contribution < 1.29 is 18.7 Å². The Balaban J connectivity index is 1.92. The van der Waals surface area contributed by atoms with Gasteiger partial charge in [-0.2, -0.15) is 0 Å². The number of hydrogen-bond acceptors (Lipinski definition) is 3. The molecule has 29 heavy (non-hydrogen) atoms. The largest absolute Gasteiger partial charge is 0.390 e. The van der Waals surface area contributed by atoms with Crippen LogP contribution in [-0.2, 0) is 11.2 Å². The van der Waals surface area contributed by atoms with Crippen LogP contribution in [0.15, 0.2) is 30.4 Å². The van der Waals surface area contributed by atoms with Crippen molar-refractivity contribution in [3.8, 4) is 0 Å². The Kier molecular flexibility index (Phi) is 7.94. The van der Waals surface area contributed by atoms with E-state index in [9.17, 15) is 18.7 Å². The lowest BCUT2D eigenvalue weighted by molar-refractivity contribution is -0.120. The second-order valence-electron chi connectivity index (χ2n) is 9.46. The number of allylic oxidation sites excluding steroid dienone is 1. The van der Waals surface area contributed by atoms with Crippen LogP contribution in [0.5, 0.6) is 0 Å². The highest BCUT2D eigenvalue weighted by Gasteiger charge is 2.41. The smallest absolute Gasteiger partial charge is 0.217 e. The average molecular weight is 409 g/mol. The first-order valence-electron chi connectivity index (χ1n) is 10.3. The van der Waals surface area contributed by atoms with Gasteiger partial charge in [-0.05, 0) is 55.2 Å². The minimum Gasteiger partial charge on any atom is -0.390 e. The standard InChI is InChI=1S/C23H34F2N2O2/c1-16(28)27-20(13-17-11-18(24)14-19(25)12-17)21(29)15-26-23(9-10-23)8-6-5-7-22(2,3)4/h5-6,11-12,14,20-21,26,29H,7-10,13,15H2,1-4H3,(H,27,28). The van der Waals surface area contributed by atoms with Crippen LogP contribution in [0.4, 0.5) is 8.78 Å². The Bertz CT molecular complexity index is 704. The molecule has 1 aliphatic rings. The molecule has 0 saturated heterocycles. The number of carbonyl (C=O) groups excluding carboxylic acids is 1. The lowest BCUT2D eigenvalue weighted by atomic mass is 9.92. The number of aliphatic hydroxyl groups is 1. The molecule has 0 heterocycles. The van der Waals surface area contributed by atoms with Crippen LogP contribution < -0.4 is 10.6 Å². The van der Waals surface area contributed by atoms with E-state index in [4.69, 9.17) is 0 Å². The monoisotopic (exact) mass is 408 g/mol. The number of carbonyl (C=O) groups is 1. The maximum Gasteiger partial charge on any atom is 0.217 e. The van der Waals surface area contributed by atoms with Crippen molar-refractivity contribution >= 4 is 5.91 Å². The predicted molar refractivity (Wildman–Crippen MR) is 111 cm³/mol. The molecular weight excluding hydrogens is 374 g/mol. The van der Waals surface area contributed by atoms with E-state index in [1.54, 1.807) is 0 Å². The minimum absolute atomic E-state index is 0.00109. The molecular formula is C23H34F2N2O2. The lowest BCUT2D eigenvalue weighted by Crippen LogP contribution is -2.50. The summed E-state index contributed by atoms with van der Waals surface area (Å²) in [7, 11) is 0. The number of β-amino-alcohol motifs (C(OH)–C–C–N with tert-alkyl or cyclic N) is 1. The molecule has 1 aromatic rings. The van der Waals surface area contributed by atoms with E-state index in [1.165, 1.54) is 19.1 Å². The number of aliphatic hydroxyl groups excluding tert-OH is 1. The van der Waals surface area contributed by atoms with Crippen LogP contribution in [0, 0.1) is 17.0 Å². The van der Waals surface area contributed by atoms with Gasteiger partial charge in [-0.25, -0.2) is 8.78 Å². The van der Waals surface area contributed by atoms with Gasteiger partial charge in [0.25, 0.3) is 0 Å². The molecule has 0 spiro atoms. The molecule has 6 heteroatoms. The summed E-state index contributed by atoms with van der Waals surface area (Å²) in [4.78, 5) is 11.6. The fourth-order valence-corrected chi connectivity index (χ4v) is 3.34. The van der Waals surface area contributed by atoms with Gasteiger partial charge in [0, 0.05) is 25.1 Å². The summed E-state index contributed by atoms with van der Waals surface area (Å²) in [6, 6.07) is 2.62. The van der Waals surface area contributed by atoms with Crippen molar-refractivity contribution in [2.45, 2.75) is 77.5 Å². The molecule has 1 aliphatic carbocycles. The number of nitrogens with one attached hydrogen (secondary N) is 2. The summed E-state index contributed by atoms with van der Waals surface area (Å²) in [6.07, 6.45) is 7.67. The molecule has 3 N–H and O–H groups in total. The van der Waals surface area contributed by atoms with Crippen molar-refractivity contribution in [3.05, 3.63) is 47.5 Å². The first-order chi connectivity index (χ1) is 13.5. The third kappa shape index (κ3) is 8.62. The highest BCUT2D eigenvalue weighted by atomic mass is 19.1. The first kappa shape index (κ1) is 23.5. The van der Waals surface area contributed by atoms with Crippen LogP contribution in [-0.4, -0.2) is 35.2 Å². The van der Waals surface area contributed by atoms with Crippen LogP contribution >= 0.6 is 0 Å². The molecule has 0 aliphatic heterocycles. The predicted octanol–water partition coefficient (Wildman–Crippen LogP) is 3.88. The van der Waals surface area contributed by atoms with E-state index in [0.29, 0.717) is 12.1 Å². The molecule has 0 radical (unpaired) electrons. The zero-order valence-electron chi connectivity index (χ0n) is 17.9. The van der Waals surface area contributed by atoms with Crippen LogP contribution in [0.2, 0.25) is 0 Å². The Morgan fingerprint density at radius 3 is 2.34 bits per heavy atom. The third-order valence-electron chi connectivity index (χ3n) is 5.18. The molecule has 2 atom stereocenters. The number of benzene rings is 1. The fraction of sp³-hybridized carbons (Fsp3) is 0.609. The van der Waals surface area contributed by atoms with Gasteiger partial charge < -0.3 is 15.7 Å². The Labute approximate surface area is 172 Å². The number of rotatable bonds is 10. The summed E-state index contributed by atoms with van der Waals surface area (Å²) >= 11 is 0. The zero-order valence-corrected chi connectivity index (χ0v) is 17.9. The van der Waals surface area contributed by atoms with Gasteiger partial charge in [0.05, 0.1) is 12.1 Å². The summed E-state index contributed by atoms with van der Waals surface area (Å²) in [5, 5.41) is 16.8. The molecule has 162 valence electrons. The molecule has 1 aromatic carbocycles. The van der Waals surface area contributed by atoms with Crippen molar-refractivity contribution in [2.75, 3.05) is 6.54 Å². The maximum atomic E-state index is 13.5. The first-order valence-corrected chi connectivity index (χ1v) is 10.3. The molecule has 2 rings (SSSR count). The molecule has 4 nitrogen and oxygen atoms in total. The van der Waals surface area contributed by atoms with Crippen LogP contribution in [0.25, 0.3) is 0 Å². The minimum atomic E-state index is -0.874. The normalized spacial score (nSPS) is 17.9. The van der Waals surface area contributed by atoms with E-state index in [0.717, 1.165) is 31.7 Å². The second-order valence-corrected chi connectivity index (χ2v) is 9.46. The average Bonchev–Trinajstić information content (AvgIpc) is 3.34. The topological polar surface area (TPSA) is 61.4 Å². The number of amides is 1. The second kappa shape index (κ2) is 9.81. The highest BCUT2D eigenvalue weighted by molar-refractivity contribution is 5.73. The fourth-order valence-electron chi connectivity index (χ4n) is 3.34. The Hall–Kier alpha value is -1.79. The number of hydrogen-bond donors (Lipinski definition) is 3. The zero-order chi connectivity index (χ0) is 21.7. The highest BCUT2D eigenvalue weighted by Crippen LogP contribution is 2.39. The lowest BCUT2D eigenvalue weighted by Gasteiger charge is -2.26. The van der Waals surface area contributed by atoms with Gasteiger partial charge >= 0.3 is 0 Å². The summed E-state index contributed by atoms with van der Waals surface area (Å²) in [5.41, 5.74) is 0.659. The van der Waals surface area contributed by atoms with Crippen LogP contribution in [0.3, 0.4) is 0 Å². The van der Waals surface area contributed by atoms with E-state index >= 15 is 0 Å². The molecule has 2 unspecified atom stereocenters. The van der Waals surface area contributed by atoms with E-state index < -0.39 is 23.8 Å². The van der Waals surface area contributed by atoms with Crippen molar-refractivity contribution in [1.82, 2.24) is 10.6 Å². The molecule has 1 saturated carbocycles. The quantitative estimate of drug-likeness (QED) is 0.515. The molecule has 0 bridgehead atoms. The summed E-state index contributed by atoms with van der Waals surface area (Å²) in [5.74, 6) is -1.64. The molecule has 0 aromatic heterocycles. The Morgan fingerprint density at radius 2 is 1.83 bits per heavy atom. The third-order valence-corrected chi connectivity index (χ3v) is 5.18. The molecule has 1 fully saturated rings. The van der Waals surface area contributed by atoms with E-state index in [1.807, 2.05) is 0 Å². The van der Waals surface area contributed by atoms with Gasteiger partial charge in [-0.1, -0.05) is 32.9 Å². The van der Waals surface area contributed by atoms with E-state index in [2.05, 4.69) is 43.6 Å². The van der Waals surface area contributed by atoms with Gasteiger partial charge in [0.1, 0.15) is 11.6 Å². The van der Waals surface area contributed by atoms with Gasteiger partial charge in [0.2, 0.25) is 5.91 Å². The van der Waals surface area contributed by atoms with Gasteiger partial charge in [-0.3, -0.25) is 4.79 Å². The van der Waals surface area contributed by atoms with Gasteiger partial charge in [0.15, 0.2) is 0 Å². The number of halogens is 2.